The van der Waals surface area contributed by atoms with Gasteiger partial charge in [0, 0.05) is 6.07 Å². The van der Waals surface area contributed by atoms with Gasteiger partial charge in [0.1, 0.15) is 22.7 Å². The molecule has 0 aliphatic carbocycles. The van der Waals surface area contributed by atoms with Crippen LogP contribution in [-0.4, -0.2) is 49.2 Å². The van der Waals surface area contributed by atoms with Crippen molar-refractivity contribution in [1.82, 2.24) is 29.5 Å². The Morgan fingerprint density at radius 2 is 1.81 bits per heavy atom. The molecule has 0 fully saturated rings. The van der Waals surface area contributed by atoms with E-state index in [4.69, 9.17) is 9.47 Å². The van der Waals surface area contributed by atoms with Gasteiger partial charge in [0.2, 0.25) is 5.95 Å². The summed E-state index contributed by atoms with van der Waals surface area (Å²) in [5.74, 6) is 1.29. The van der Waals surface area contributed by atoms with Crippen LogP contribution in [0.15, 0.2) is 59.5 Å². The smallest absolute Gasteiger partial charge is 0.263 e. The van der Waals surface area contributed by atoms with Gasteiger partial charge < -0.3 is 14.8 Å². The number of carbonyl (C=O) groups excluding carboxylic acids is 1. The Morgan fingerprint density at radius 1 is 1.05 bits per heavy atom. The largest absolute Gasteiger partial charge is 0.497 e. The van der Waals surface area contributed by atoms with Crippen molar-refractivity contribution in [1.29, 1.82) is 0 Å². The number of hydrogen-bond donors (Lipinski definition) is 2. The first-order valence-corrected chi connectivity index (χ1v) is 11.5. The van der Waals surface area contributed by atoms with E-state index in [0.717, 1.165) is 16.8 Å². The Labute approximate surface area is 211 Å². The SMILES string of the molecule is COc1ccc(OCC(=O)Nc2cc(C)nn2-c2nc3c(cnn3-c3cccc(C)c3C)c(=O)[nH]2)cc1. The van der Waals surface area contributed by atoms with Crippen molar-refractivity contribution in [3.05, 3.63) is 81.9 Å². The molecule has 5 rings (SSSR count). The van der Waals surface area contributed by atoms with Crippen molar-refractivity contribution in [2.75, 3.05) is 19.0 Å². The van der Waals surface area contributed by atoms with Gasteiger partial charge in [-0.25, -0.2) is 4.68 Å². The summed E-state index contributed by atoms with van der Waals surface area (Å²) < 4.78 is 13.7. The van der Waals surface area contributed by atoms with Crippen molar-refractivity contribution < 1.29 is 14.3 Å². The van der Waals surface area contributed by atoms with Crippen LogP contribution in [0, 0.1) is 20.8 Å². The normalized spacial score (nSPS) is 11.0. The summed E-state index contributed by atoms with van der Waals surface area (Å²) in [5.41, 5.74) is 3.56. The topological polar surface area (TPSA) is 129 Å². The van der Waals surface area contributed by atoms with E-state index in [2.05, 4.69) is 25.5 Å². The molecule has 0 saturated heterocycles. The molecule has 0 spiro atoms. The minimum Gasteiger partial charge on any atom is -0.497 e. The number of H-pyrrole nitrogens is 1. The van der Waals surface area contributed by atoms with Gasteiger partial charge >= 0.3 is 0 Å². The molecule has 37 heavy (non-hydrogen) atoms. The number of hydrogen-bond acceptors (Lipinski definition) is 7. The van der Waals surface area contributed by atoms with Gasteiger partial charge in [-0.1, -0.05) is 12.1 Å². The molecule has 0 radical (unpaired) electrons. The molecule has 188 valence electrons. The molecule has 11 heteroatoms. The summed E-state index contributed by atoms with van der Waals surface area (Å²) >= 11 is 0. The maximum absolute atomic E-state index is 12.9. The molecule has 3 aromatic heterocycles. The number of carbonyl (C=O) groups is 1. The molecule has 2 N–H and O–H groups in total. The number of nitrogens with one attached hydrogen (secondary N) is 2. The van der Waals surface area contributed by atoms with Crippen molar-refractivity contribution in [2.24, 2.45) is 0 Å². The minimum atomic E-state index is -0.402. The number of benzene rings is 2. The van der Waals surface area contributed by atoms with Crippen LogP contribution in [0.5, 0.6) is 11.5 Å². The minimum absolute atomic E-state index is 0.143. The molecule has 0 unspecified atom stereocenters. The second kappa shape index (κ2) is 9.61. The van der Waals surface area contributed by atoms with Gasteiger partial charge in [-0.05, 0) is 62.2 Å². The van der Waals surface area contributed by atoms with Crippen molar-refractivity contribution >= 4 is 22.8 Å². The fourth-order valence-corrected chi connectivity index (χ4v) is 3.90. The highest BCUT2D eigenvalue weighted by molar-refractivity contribution is 5.91. The zero-order valence-corrected chi connectivity index (χ0v) is 20.8. The molecule has 0 saturated carbocycles. The van der Waals surface area contributed by atoms with Gasteiger partial charge in [0.15, 0.2) is 12.3 Å². The summed E-state index contributed by atoms with van der Waals surface area (Å²) in [7, 11) is 1.58. The number of nitrogens with zero attached hydrogens (tertiary/aromatic N) is 5. The zero-order valence-electron chi connectivity index (χ0n) is 20.8. The van der Waals surface area contributed by atoms with E-state index >= 15 is 0 Å². The van der Waals surface area contributed by atoms with Gasteiger partial charge in [0.25, 0.3) is 11.5 Å². The van der Waals surface area contributed by atoms with Crippen molar-refractivity contribution in [3.63, 3.8) is 0 Å². The van der Waals surface area contributed by atoms with Crippen LogP contribution in [0.25, 0.3) is 22.7 Å². The van der Waals surface area contributed by atoms with Gasteiger partial charge in [-0.2, -0.15) is 19.9 Å². The number of aryl methyl sites for hydroxylation is 2. The number of amides is 1. The number of rotatable bonds is 7. The quantitative estimate of drug-likeness (QED) is 0.352. The molecule has 0 aliphatic rings. The zero-order chi connectivity index (χ0) is 26.1. The summed E-state index contributed by atoms with van der Waals surface area (Å²) in [5, 5.41) is 12.0. The summed E-state index contributed by atoms with van der Waals surface area (Å²) in [6.07, 6.45) is 1.49. The van der Waals surface area contributed by atoms with Gasteiger partial charge in [-0.3, -0.25) is 14.6 Å². The second-order valence-electron chi connectivity index (χ2n) is 8.50. The van der Waals surface area contributed by atoms with E-state index < -0.39 is 5.91 Å². The maximum atomic E-state index is 12.9. The number of anilines is 1. The molecular weight excluding hydrogens is 474 g/mol. The maximum Gasteiger partial charge on any atom is 0.263 e. The number of fused-ring (bicyclic) bond motifs is 1. The number of aromatic nitrogens is 6. The fourth-order valence-electron chi connectivity index (χ4n) is 3.90. The number of ether oxygens (including phenoxy) is 2. The second-order valence-corrected chi connectivity index (χ2v) is 8.50. The van der Waals surface area contributed by atoms with E-state index in [1.165, 1.54) is 10.9 Å². The Morgan fingerprint density at radius 3 is 2.57 bits per heavy atom. The van der Waals surface area contributed by atoms with Crippen LogP contribution in [0.2, 0.25) is 0 Å². The summed E-state index contributed by atoms with van der Waals surface area (Å²) in [4.78, 5) is 32.9. The molecular formula is C26H25N7O4. The van der Waals surface area contributed by atoms with Crippen LogP contribution in [0.4, 0.5) is 5.82 Å². The van der Waals surface area contributed by atoms with E-state index in [0.29, 0.717) is 34.0 Å². The lowest BCUT2D eigenvalue weighted by molar-refractivity contribution is -0.118. The van der Waals surface area contributed by atoms with Crippen LogP contribution in [0.3, 0.4) is 0 Å². The molecule has 1 amide bonds. The highest BCUT2D eigenvalue weighted by atomic mass is 16.5. The average molecular weight is 500 g/mol. The lowest BCUT2D eigenvalue weighted by Gasteiger charge is -2.11. The Balaban J connectivity index is 1.44. The number of methoxy groups -OCH3 is 1. The molecule has 2 aromatic carbocycles. The van der Waals surface area contributed by atoms with Crippen LogP contribution < -0.4 is 20.3 Å². The highest BCUT2D eigenvalue weighted by Crippen LogP contribution is 2.22. The van der Waals surface area contributed by atoms with Gasteiger partial charge in [-0.15, -0.1) is 0 Å². The summed E-state index contributed by atoms with van der Waals surface area (Å²) in [6.45, 7) is 5.55. The molecule has 3 heterocycles. The Bertz CT molecular complexity index is 1670. The fraction of sp³-hybridized carbons (Fsp3) is 0.192. The van der Waals surface area contributed by atoms with Crippen molar-refractivity contribution in [3.8, 4) is 23.1 Å². The first-order chi connectivity index (χ1) is 17.8. The standard InChI is InChI=1S/C26H25N7O4/c1-15-6-5-7-21(17(15)3)32-24-20(13-27-32)25(35)30-26(29-24)33-22(12-16(2)31-33)28-23(34)14-37-19-10-8-18(36-4)9-11-19/h5-13H,14H2,1-4H3,(H,28,34)(H,29,30,35). The molecule has 0 bridgehead atoms. The Hall–Kier alpha value is -4.93. The van der Waals surface area contributed by atoms with Crippen LogP contribution in [-0.2, 0) is 4.79 Å². The Kier molecular flexibility index (Phi) is 6.18. The third-order valence-electron chi connectivity index (χ3n) is 5.96. The van der Waals surface area contributed by atoms with Crippen LogP contribution in [0.1, 0.15) is 16.8 Å². The van der Waals surface area contributed by atoms with E-state index in [9.17, 15) is 9.59 Å². The molecule has 5 aromatic rings. The molecule has 0 atom stereocenters. The third kappa shape index (κ3) is 4.66. The predicted octanol–water partition coefficient (Wildman–Crippen LogP) is 3.25. The highest BCUT2D eigenvalue weighted by Gasteiger charge is 2.18. The third-order valence-corrected chi connectivity index (χ3v) is 5.96. The first kappa shape index (κ1) is 23.8. The summed E-state index contributed by atoms with van der Waals surface area (Å²) in [6, 6.07) is 14.4. The molecule has 0 aliphatic heterocycles. The van der Waals surface area contributed by atoms with Crippen LogP contribution >= 0.6 is 0 Å². The molecule has 11 nitrogen and oxygen atoms in total. The van der Waals surface area contributed by atoms with Gasteiger partial charge in [0.05, 0.1) is 24.7 Å². The van der Waals surface area contributed by atoms with E-state index in [1.807, 2.05) is 32.0 Å². The van der Waals surface area contributed by atoms with Crippen molar-refractivity contribution in [2.45, 2.75) is 20.8 Å². The monoisotopic (exact) mass is 499 g/mol. The lowest BCUT2D eigenvalue weighted by atomic mass is 10.1. The first-order valence-electron chi connectivity index (χ1n) is 11.5. The van der Waals surface area contributed by atoms with E-state index in [1.54, 1.807) is 49.0 Å². The number of aromatic amines is 1. The average Bonchev–Trinajstić information content (AvgIpc) is 3.48. The lowest BCUT2D eigenvalue weighted by Crippen LogP contribution is -2.23. The predicted molar refractivity (Wildman–Crippen MR) is 138 cm³/mol. The van der Waals surface area contributed by atoms with E-state index in [-0.39, 0.29) is 18.1 Å².